The Labute approximate surface area is 188 Å². The van der Waals surface area contributed by atoms with Crippen LogP contribution in [-0.2, 0) is 4.79 Å². The molecule has 3 rings (SSSR count). The first-order valence-electron chi connectivity index (χ1n) is 10.7. The van der Waals surface area contributed by atoms with E-state index in [2.05, 4.69) is 10.6 Å². The van der Waals surface area contributed by atoms with E-state index in [0.29, 0.717) is 35.7 Å². The molecule has 0 aliphatic heterocycles. The molecule has 0 aromatic heterocycles. The molecule has 6 nitrogen and oxygen atoms in total. The first-order chi connectivity index (χ1) is 15.5. The van der Waals surface area contributed by atoms with E-state index in [0.717, 1.165) is 11.3 Å². The summed E-state index contributed by atoms with van der Waals surface area (Å²) in [6.45, 7) is 6.35. The lowest BCUT2D eigenvalue weighted by molar-refractivity contribution is -0.122. The zero-order valence-electron chi connectivity index (χ0n) is 18.6. The zero-order chi connectivity index (χ0) is 22.9. The molecule has 0 aliphatic rings. The van der Waals surface area contributed by atoms with Gasteiger partial charge >= 0.3 is 0 Å². The van der Waals surface area contributed by atoms with E-state index in [9.17, 15) is 9.59 Å². The average molecular weight is 433 g/mol. The summed E-state index contributed by atoms with van der Waals surface area (Å²) in [5.41, 5.74) is 2.53. The highest BCUT2D eigenvalue weighted by Gasteiger charge is 2.21. The van der Waals surface area contributed by atoms with Crippen molar-refractivity contribution in [2.45, 2.75) is 33.3 Å². The highest BCUT2D eigenvalue weighted by atomic mass is 16.5. The Balaban J connectivity index is 1.69. The number of hydrogen-bond acceptors (Lipinski definition) is 4. The van der Waals surface area contributed by atoms with E-state index in [-0.39, 0.29) is 11.8 Å². The van der Waals surface area contributed by atoms with Crippen LogP contribution in [0.15, 0.2) is 72.8 Å². The summed E-state index contributed by atoms with van der Waals surface area (Å²) < 4.78 is 11.3. The van der Waals surface area contributed by atoms with Crippen molar-refractivity contribution in [2.75, 3.05) is 17.2 Å². The second kappa shape index (κ2) is 11.0. The van der Waals surface area contributed by atoms with Crippen molar-refractivity contribution >= 4 is 23.2 Å². The Morgan fingerprint density at radius 2 is 1.50 bits per heavy atom. The lowest BCUT2D eigenvalue weighted by atomic mass is 10.1. The Bertz CT molecular complexity index is 1050. The molecule has 32 heavy (non-hydrogen) atoms. The second-order valence-corrected chi connectivity index (χ2v) is 7.27. The van der Waals surface area contributed by atoms with E-state index in [4.69, 9.17) is 9.47 Å². The maximum absolute atomic E-state index is 12.9. The first-order valence-corrected chi connectivity index (χ1v) is 10.7. The fourth-order valence-corrected chi connectivity index (χ4v) is 3.11. The number of anilines is 2. The van der Waals surface area contributed by atoms with Crippen LogP contribution in [0.3, 0.4) is 0 Å². The largest absolute Gasteiger partial charge is 0.494 e. The van der Waals surface area contributed by atoms with Crippen LogP contribution in [0.2, 0.25) is 0 Å². The number of carbonyl (C=O) groups excluding carboxylic acids is 2. The molecule has 2 N–H and O–H groups in total. The van der Waals surface area contributed by atoms with Crippen molar-refractivity contribution in [3.05, 3.63) is 83.9 Å². The summed E-state index contributed by atoms with van der Waals surface area (Å²) in [5.74, 6) is 0.725. The molecule has 2 amide bonds. The molecule has 0 heterocycles. The highest BCUT2D eigenvalue weighted by Crippen LogP contribution is 2.21. The number of aryl methyl sites for hydroxylation is 1. The van der Waals surface area contributed by atoms with Crippen molar-refractivity contribution in [3.8, 4) is 11.5 Å². The molecule has 0 radical (unpaired) electrons. The van der Waals surface area contributed by atoms with Gasteiger partial charge in [-0.05, 0) is 68.8 Å². The van der Waals surface area contributed by atoms with Crippen molar-refractivity contribution in [3.63, 3.8) is 0 Å². The van der Waals surface area contributed by atoms with Crippen LogP contribution in [0.25, 0.3) is 0 Å². The maximum atomic E-state index is 12.9. The number of hydrogen-bond donors (Lipinski definition) is 2. The molecule has 0 fully saturated rings. The number of nitrogens with one attached hydrogen (secondary N) is 2. The van der Waals surface area contributed by atoms with E-state index in [1.54, 1.807) is 48.5 Å². The Morgan fingerprint density at radius 1 is 0.844 bits per heavy atom. The second-order valence-electron chi connectivity index (χ2n) is 7.27. The lowest BCUT2D eigenvalue weighted by Crippen LogP contribution is -2.33. The molecule has 0 aliphatic carbocycles. The van der Waals surface area contributed by atoms with Crippen LogP contribution in [0, 0.1) is 6.92 Å². The average Bonchev–Trinajstić information content (AvgIpc) is 2.80. The van der Waals surface area contributed by atoms with Gasteiger partial charge in [0.25, 0.3) is 11.8 Å². The molecule has 6 heteroatoms. The molecule has 1 unspecified atom stereocenters. The van der Waals surface area contributed by atoms with Crippen LogP contribution in [0.4, 0.5) is 11.4 Å². The minimum absolute atomic E-state index is 0.311. The van der Waals surface area contributed by atoms with Gasteiger partial charge in [0.1, 0.15) is 11.5 Å². The Kier molecular flexibility index (Phi) is 7.86. The fraction of sp³-hybridized carbons (Fsp3) is 0.231. The van der Waals surface area contributed by atoms with Crippen LogP contribution >= 0.6 is 0 Å². The third-order valence-electron chi connectivity index (χ3n) is 4.82. The van der Waals surface area contributed by atoms with Crippen molar-refractivity contribution < 1.29 is 19.1 Å². The number of amides is 2. The molecular formula is C26H28N2O4. The summed E-state index contributed by atoms with van der Waals surface area (Å²) in [4.78, 5) is 25.7. The van der Waals surface area contributed by atoms with E-state index < -0.39 is 6.10 Å². The van der Waals surface area contributed by atoms with Crippen LogP contribution < -0.4 is 20.1 Å². The predicted molar refractivity (Wildman–Crippen MR) is 127 cm³/mol. The van der Waals surface area contributed by atoms with Crippen LogP contribution in [0.5, 0.6) is 11.5 Å². The molecule has 0 saturated carbocycles. The standard InChI is InChI=1S/C26H28N2O4/c1-4-24(32-21-14-10-18(3)11-15-21)26(30)28-23-9-7-6-8-22(23)25(29)27-19-12-16-20(17-13-19)31-5-2/h6-17,24H,4-5H2,1-3H3,(H,27,29)(H,28,30). The first kappa shape index (κ1) is 22.9. The normalized spacial score (nSPS) is 11.3. The van der Waals surface area contributed by atoms with E-state index in [1.165, 1.54) is 0 Å². The van der Waals surface area contributed by atoms with Gasteiger partial charge < -0.3 is 20.1 Å². The minimum atomic E-state index is -0.681. The highest BCUT2D eigenvalue weighted by molar-refractivity contribution is 6.10. The van der Waals surface area contributed by atoms with Gasteiger partial charge in [-0.25, -0.2) is 0 Å². The summed E-state index contributed by atoms with van der Waals surface area (Å²) in [7, 11) is 0. The molecule has 3 aromatic carbocycles. The Morgan fingerprint density at radius 3 is 2.16 bits per heavy atom. The smallest absolute Gasteiger partial charge is 0.265 e. The zero-order valence-corrected chi connectivity index (χ0v) is 18.6. The molecule has 3 aromatic rings. The topological polar surface area (TPSA) is 76.7 Å². The van der Waals surface area contributed by atoms with Crippen molar-refractivity contribution in [1.29, 1.82) is 0 Å². The molecule has 166 valence electrons. The quantitative estimate of drug-likeness (QED) is 0.472. The Hall–Kier alpha value is -3.80. The van der Waals surface area contributed by atoms with Gasteiger partial charge in [-0.1, -0.05) is 36.8 Å². The van der Waals surface area contributed by atoms with Gasteiger partial charge in [-0.2, -0.15) is 0 Å². The van der Waals surface area contributed by atoms with Crippen LogP contribution in [0.1, 0.15) is 36.2 Å². The van der Waals surface area contributed by atoms with E-state index >= 15 is 0 Å². The summed E-state index contributed by atoms with van der Waals surface area (Å²) in [5, 5.41) is 5.69. The number of ether oxygens (including phenoxy) is 2. The van der Waals surface area contributed by atoms with Crippen molar-refractivity contribution in [2.24, 2.45) is 0 Å². The molecule has 0 saturated heterocycles. The third-order valence-corrected chi connectivity index (χ3v) is 4.82. The predicted octanol–water partition coefficient (Wildman–Crippen LogP) is 5.44. The van der Waals surface area contributed by atoms with Gasteiger partial charge in [0, 0.05) is 5.69 Å². The number of rotatable bonds is 9. The molecule has 0 bridgehead atoms. The fourth-order valence-electron chi connectivity index (χ4n) is 3.11. The summed E-state index contributed by atoms with van der Waals surface area (Å²) in [6.07, 6.45) is -0.194. The van der Waals surface area contributed by atoms with E-state index in [1.807, 2.05) is 45.0 Å². The summed E-state index contributed by atoms with van der Waals surface area (Å²) >= 11 is 0. The number of carbonyl (C=O) groups is 2. The third kappa shape index (κ3) is 6.11. The molecule has 0 spiro atoms. The number of benzene rings is 3. The lowest BCUT2D eigenvalue weighted by Gasteiger charge is -2.18. The number of para-hydroxylation sites is 1. The SMILES string of the molecule is CCOc1ccc(NC(=O)c2ccccc2NC(=O)C(CC)Oc2ccc(C)cc2)cc1. The van der Waals surface area contributed by atoms with Gasteiger partial charge in [0.05, 0.1) is 17.9 Å². The van der Waals surface area contributed by atoms with Gasteiger partial charge in [0.15, 0.2) is 6.10 Å². The minimum Gasteiger partial charge on any atom is -0.494 e. The van der Waals surface area contributed by atoms with Gasteiger partial charge in [0.2, 0.25) is 0 Å². The van der Waals surface area contributed by atoms with Crippen LogP contribution in [-0.4, -0.2) is 24.5 Å². The summed E-state index contributed by atoms with van der Waals surface area (Å²) in [6, 6.07) is 21.5. The van der Waals surface area contributed by atoms with Gasteiger partial charge in [-0.3, -0.25) is 9.59 Å². The molecule has 1 atom stereocenters. The van der Waals surface area contributed by atoms with Gasteiger partial charge in [-0.15, -0.1) is 0 Å². The molecular weight excluding hydrogens is 404 g/mol. The maximum Gasteiger partial charge on any atom is 0.265 e. The van der Waals surface area contributed by atoms with Crippen molar-refractivity contribution in [1.82, 2.24) is 0 Å². The monoisotopic (exact) mass is 432 g/mol.